The molecule has 0 bridgehead atoms. The molecule has 1 heterocycles. The van der Waals surface area contributed by atoms with Gasteiger partial charge in [0.05, 0.1) is 17.8 Å². The first-order valence-corrected chi connectivity index (χ1v) is 6.70. The maximum absolute atomic E-state index is 11.8. The highest BCUT2D eigenvalue weighted by atomic mass is 32.1. The van der Waals surface area contributed by atoms with Gasteiger partial charge in [0.2, 0.25) is 0 Å². The number of rotatable bonds is 6. The molecule has 1 rings (SSSR count). The fourth-order valence-electron chi connectivity index (χ4n) is 1.60. The number of hydrogen-bond acceptors (Lipinski definition) is 4. The Morgan fingerprint density at radius 3 is 2.59 bits per heavy atom. The van der Waals surface area contributed by atoms with Crippen LogP contribution < -0.4 is 5.32 Å². The predicted molar refractivity (Wildman–Crippen MR) is 69.3 cm³/mol. The quantitative estimate of drug-likeness (QED) is 0.818. The second-order valence-electron chi connectivity index (χ2n) is 4.29. The molecule has 0 aliphatic heterocycles. The van der Waals surface area contributed by atoms with Crippen LogP contribution in [0.25, 0.3) is 0 Å². The zero-order valence-corrected chi connectivity index (χ0v) is 11.4. The Labute approximate surface area is 106 Å². The number of nitrogens with zero attached hydrogens (tertiary/aromatic N) is 1. The van der Waals surface area contributed by atoms with Crippen molar-refractivity contribution in [3.8, 4) is 0 Å². The topological polar surface area (TPSA) is 62.2 Å². The molecule has 0 aliphatic carbocycles. The summed E-state index contributed by atoms with van der Waals surface area (Å²) in [5.41, 5.74) is -0.199. The normalized spacial score (nSPS) is 11.5. The van der Waals surface area contributed by atoms with Gasteiger partial charge in [0, 0.05) is 12.0 Å². The lowest BCUT2D eigenvalue weighted by atomic mass is 9.83. The molecule has 1 aromatic rings. The molecule has 0 radical (unpaired) electrons. The lowest BCUT2D eigenvalue weighted by Crippen LogP contribution is -2.39. The fourth-order valence-corrected chi connectivity index (χ4v) is 2.29. The van der Waals surface area contributed by atoms with Crippen molar-refractivity contribution in [3.05, 3.63) is 16.1 Å². The average Bonchev–Trinajstić information content (AvgIpc) is 2.78. The summed E-state index contributed by atoms with van der Waals surface area (Å²) in [6, 6.07) is 0. The van der Waals surface area contributed by atoms with E-state index in [1.54, 1.807) is 6.20 Å². The highest BCUT2D eigenvalue weighted by molar-refractivity contribution is 7.13. The van der Waals surface area contributed by atoms with Crippen LogP contribution in [-0.2, 0) is 0 Å². The summed E-state index contributed by atoms with van der Waals surface area (Å²) >= 11 is 1.38. The third-order valence-corrected chi connectivity index (χ3v) is 4.22. The number of aromatic nitrogens is 1. The largest absolute Gasteiger partial charge is 0.396 e. The molecule has 4 nitrogen and oxygen atoms in total. The number of nitrogens with one attached hydrogen (secondary N) is 1. The number of aryl methyl sites for hydroxylation is 1. The van der Waals surface area contributed by atoms with Crippen molar-refractivity contribution in [2.45, 2.75) is 33.6 Å². The number of carbonyl (C=O) groups is 1. The van der Waals surface area contributed by atoms with E-state index >= 15 is 0 Å². The van der Waals surface area contributed by atoms with Crippen LogP contribution in [0.1, 0.15) is 41.4 Å². The summed E-state index contributed by atoms with van der Waals surface area (Å²) in [6.45, 7) is 6.54. The van der Waals surface area contributed by atoms with Gasteiger partial charge in [0.15, 0.2) is 0 Å². The summed E-state index contributed by atoms with van der Waals surface area (Å²) in [6.07, 6.45) is 3.29. The maximum atomic E-state index is 11.8. The molecule has 5 heteroatoms. The van der Waals surface area contributed by atoms with Crippen molar-refractivity contribution < 1.29 is 9.90 Å². The van der Waals surface area contributed by atoms with Crippen LogP contribution in [0.3, 0.4) is 0 Å². The third-order valence-electron chi connectivity index (χ3n) is 3.30. The average molecular weight is 256 g/mol. The number of aliphatic hydroxyl groups is 1. The van der Waals surface area contributed by atoms with Crippen LogP contribution in [0.5, 0.6) is 0 Å². The Bertz CT molecular complexity index is 364. The van der Waals surface area contributed by atoms with Crippen molar-refractivity contribution in [1.82, 2.24) is 10.3 Å². The number of aliphatic hydroxyl groups excluding tert-OH is 1. The Hall–Kier alpha value is -0.940. The number of hydrogen-bond donors (Lipinski definition) is 2. The van der Waals surface area contributed by atoms with Crippen molar-refractivity contribution in [3.63, 3.8) is 0 Å². The Kier molecular flexibility index (Phi) is 5.08. The second-order valence-corrected chi connectivity index (χ2v) is 5.53. The van der Waals surface area contributed by atoms with E-state index in [9.17, 15) is 9.90 Å². The van der Waals surface area contributed by atoms with Crippen LogP contribution in [0.2, 0.25) is 0 Å². The van der Waals surface area contributed by atoms with Crippen LogP contribution >= 0.6 is 11.3 Å². The van der Waals surface area contributed by atoms with Crippen molar-refractivity contribution >= 4 is 17.2 Å². The number of carbonyl (C=O) groups excluding carboxylic acids is 1. The summed E-state index contributed by atoms with van der Waals surface area (Å²) in [7, 11) is 0. The van der Waals surface area contributed by atoms with Gasteiger partial charge >= 0.3 is 0 Å². The highest BCUT2D eigenvalue weighted by Gasteiger charge is 2.26. The summed E-state index contributed by atoms with van der Waals surface area (Å²) in [4.78, 5) is 16.5. The van der Waals surface area contributed by atoms with E-state index in [-0.39, 0.29) is 17.9 Å². The molecule has 17 heavy (non-hydrogen) atoms. The van der Waals surface area contributed by atoms with Crippen LogP contribution in [-0.4, -0.2) is 29.1 Å². The molecule has 0 saturated carbocycles. The zero-order chi connectivity index (χ0) is 12.9. The lowest BCUT2D eigenvalue weighted by Gasteiger charge is -2.29. The molecule has 2 N–H and O–H groups in total. The minimum Gasteiger partial charge on any atom is -0.396 e. The van der Waals surface area contributed by atoms with E-state index in [1.807, 2.05) is 20.8 Å². The molecule has 0 spiro atoms. The van der Waals surface area contributed by atoms with E-state index in [2.05, 4.69) is 10.3 Å². The molecule has 0 saturated heterocycles. The first-order chi connectivity index (χ1) is 8.06. The van der Waals surface area contributed by atoms with Gasteiger partial charge in [-0.25, -0.2) is 4.98 Å². The van der Waals surface area contributed by atoms with E-state index in [1.165, 1.54) is 11.3 Å². The maximum Gasteiger partial charge on any atom is 0.263 e. The molecule has 96 valence electrons. The van der Waals surface area contributed by atoms with Gasteiger partial charge in [-0.3, -0.25) is 4.79 Å². The summed E-state index contributed by atoms with van der Waals surface area (Å²) in [5.74, 6) is -0.102. The third kappa shape index (κ3) is 3.51. The predicted octanol–water partition coefficient (Wildman–Crippen LogP) is 1.98. The molecule has 1 aromatic heterocycles. The van der Waals surface area contributed by atoms with E-state index < -0.39 is 0 Å². The monoisotopic (exact) mass is 256 g/mol. The molecule has 0 aliphatic rings. The fraction of sp³-hybridized carbons (Fsp3) is 0.667. The number of thiazole rings is 1. The van der Waals surface area contributed by atoms with E-state index in [4.69, 9.17) is 0 Å². The van der Waals surface area contributed by atoms with Gasteiger partial charge in [0.25, 0.3) is 5.91 Å². The Morgan fingerprint density at radius 1 is 1.53 bits per heavy atom. The van der Waals surface area contributed by atoms with Crippen molar-refractivity contribution in [2.24, 2.45) is 5.41 Å². The van der Waals surface area contributed by atoms with Crippen LogP contribution in [0, 0.1) is 12.3 Å². The van der Waals surface area contributed by atoms with Crippen LogP contribution in [0.4, 0.5) is 0 Å². The first-order valence-electron chi connectivity index (χ1n) is 5.88. The van der Waals surface area contributed by atoms with Gasteiger partial charge in [-0.05, 0) is 19.8 Å². The smallest absolute Gasteiger partial charge is 0.263 e. The van der Waals surface area contributed by atoms with Crippen LogP contribution in [0.15, 0.2) is 6.20 Å². The highest BCUT2D eigenvalue weighted by Crippen LogP contribution is 2.24. The van der Waals surface area contributed by atoms with Gasteiger partial charge in [-0.1, -0.05) is 13.8 Å². The van der Waals surface area contributed by atoms with Gasteiger partial charge < -0.3 is 10.4 Å². The molecule has 0 fully saturated rings. The van der Waals surface area contributed by atoms with Gasteiger partial charge in [0.1, 0.15) is 4.88 Å². The second kappa shape index (κ2) is 6.12. The zero-order valence-electron chi connectivity index (χ0n) is 10.6. The molecule has 0 aromatic carbocycles. The molecular formula is C12H20N2O2S. The lowest BCUT2D eigenvalue weighted by molar-refractivity contribution is 0.0854. The minimum absolute atomic E-state index is 0.0992. The van der Waals surface area contributed by atoms with Crippen molar-refractivity contribution in [1.29, 1.82) is 0 Å². The molecule has 0 unspecified atom stereocenters. The van der Waals surface area contributed by atoms with Gasteiger partial charge in [-0.15, -0.1) is 11.3 Å². The first kappa shape index (κ1) is 14.1. The van der Waals surface area contributed by atoms with Gasteiger partial charge in [-0.2, -0.15) is 0 Å². The molecule has 1 amide bonds. The standard InChI is InChI=1S/C12H20N2O2S/c1-4-12(5-2,8-15)7-14-11(16)10-6-13-9(3)17-10/h6,15H,4-5,7-8H2,1-3H3,(H,14,16). The Balaban J connectivity index is 2.58. The van der Waals surface area contributed by atoms with Crippen molar-refractivity contribution in [2.75, 3.05) is 13.2 Å². The van der Waals surface area contributed by atoms with E-state index in [0.29, 0.717) is 11.4 Å². The SMILES string of the molecule is CCC(CC)(CO)CNC(=O)c1cnc(C)s1. The molecular weight excluding hydrogens is 236 g/mol. The Morgan fingerprint density at radius 2 is 2.18 bits per heavy atom. The molecule has 0 atom stereocenters. The summed E-state index contributed by atoms with van der Waals surface area (Å²) in [5, 5.41) is 13.2. The number of amides is 1. The minimum atomic E-state index is -0.199. The van der Waals surface area contributed by atoms with E-state index in [0.717, 1.165) is 17.8 Å². The summed E-state index contributed by atoms with van der Waals surface area (Å²) < 4.78 is 0.